The largest absolute Gasteiger partial charge is 0.493 e. The summed E-state index contributed by atoms with van der Waals surface area (Å²) >= 11 is 3.45. The van der Waals surface area contributed by atoms with E-state index in [-0.39, 0.29) is 11.2 Å². The van der Waals surface area contributed by atoms with Gasteiger partial charge in [0.25, 0.3) is 0 Å². The molecule has 0 N–H and O–H groups in total. The van der Waals surface area contributed by atoms with E-state index in [1.165, 1.54) is 6.07 Å². The Morgan fingerprint density at radius 1 is 1.16 bits per heavy atom. The summed E-state index contributed by atoms with van der Waals surface area (Å²) in [4.78, 5) is 0. The Morgan fingerprint density at radius 3 is 2.26 bits per heavy atom. The second-order valence-electron chi connectivity index (χ2n) is 4.66. The highest BCUT2D eigenvalue weighted by Crippen LogP contribution is 2.33. The van der Waals surface area contributed by atoms with Crippen LogP contribution in [-0.4, -0.2) is 11.9 Å². The van der Waals surface area contributed by atoms with Gasteiger partial charge >= 0.3 is 6.18 Å². The Bertz CT molecular complexity index is 392. The fourth-order valence-electron chi connectivity index (χ4n) is 1.68. The lowest BCUT2D eigenvalue weighted by Crippen LogP contribution is -2.29. The molecule has 0 aliphatic heterocycles. The average molecular weight is 339 g/mol. The zero-order chi connectivity index (χ0) is 14.5. The molecule has 1 aromatic rings. The second kappa shape index (κ2) is 6.64. The van der Waals surface area contributed by atoms with Gasteiger partial charge in [0, 0.05) is 10.7 Å². The van der Waals surface area contributed by atoms with Gasteiger partial charge in [-0.2, -0.15) is 13.2 Å². The quantitative estimate of drug-likeness (QED) is 0.640. The van der Waals surface area contributed by atoms with Gasteiger partial charge in [0.05, 0.1) is 12.2 Å². The van der Waals surface area contributed by atoms with Gasteiger partial charge in [0.15, 0.2) is 0 Å². The van der Waals surface area contributed by atoms with Crippen molar-refractivity contribution in [3.8, 4) is 5.75 Å². The molecule has 0 radical (unpaired) electrons. The van der Waals surface area contributed by atoms with Crippen molar-refractivity contribution in [3.05, 3.63) is 29.8 Å². The van der Waals surface area contributed by atoms with Crippen LogP contribution in [0.5, 0.6) is 5.75 Å². The van der Waals surface area contributed by atoms with Crippen LogP contribution in [0.15, 0.2) is 24.3 Å². The molecule has 0 aliphatic carbocycles. The van der Waals surface area contributed by atoms with Crippen LogP contribution in [0, 0.1) is 5.41 Å². The lowest BCUT2D eigenvalue weighted by atomic mass is 9.86. The van der Waals surface area contributed by atoms with Gasteiger partial charge in [-0.1, -0.05) is 35.8 Å². The maximum atomic E-state index is 12.6. The van der Waals surface area contributed by atoms with E-state index in [4.69, 9.17) is 4.74 Å². The zero-order valence-corrected chi connectivity index (χ0v) is 12.6. The highest BCUT2D eigenvalue weighted by molar-refractivity contribution is 9.09. The molecular formula is C14H18BrF3O. The summed E-state index contributed by atoms with van der Waals surface area (Å²) in [7, 11) is 0. The van der Waals surface area contributed by atoms with E-state index in [1.807, 2.05) is 0 Å². The van der Waals surface area contributed by atoms with Crippen LogP contribution in [0.3, 0.4) is 0 Å². The van der Waals surface area contributed by atoms with Gasteiger partial charge in [0.1, 0.15) is 5.75 Å². The van der Waals surface area contributed by atoms with Gasteiger partial charge in [-0.3, -0.25) is 0 Å². The number of alkyl halides is 4. The predicted molar refractivity (Wildman–Crippen MR) is 73.7 cm³/mol. The van der Waals surface area contributed by atoms with Crippen LogP contribution < -0.4 is 4.74 Å². The second-order valence-corrected chi connectivity index (χ2v) is 5.22. The molecule has 0 saturated carbocycles. The molecule has 5 heteroatoms. The van der Waals surface area contributed by atoms with E-state index in [0.717, 1.165) is 30.3 Å². The summed E-state index contributed by atoms with van der Waals surface area (Å²) in [5.74, 6) is 0.266. The number of ether oxygens (including phenoxy) is 1. The molecule has 1 rings (SSSR count). The summed E-state index contributed by atoms with van der Waals surface area (Å²) in [6.45, 7) is 4.52. The lowest BCUT2D eigenvalue weighted by molar-refractivity contribution is -0.137. The first-order valence-electron chi connectivity index (χ1n) is 6.23. The maximum absolute atomic E-state index is 12.6. The van der Waals surface area contributed by atoms with Gasteiger partial charge in [-0.05, 0) is 31.0 Å². The SMILES string of the molecule is CCC(CC)(CBr)COc1cccc(C(F)(F)F)c1. The number of rotatable bonds is 6. The van der Waals surface area contributed by atoms with Crippen LogP contribution in [0.1, 0.15) is 32.3 Å². The van der Waals surface area contributed by atoms with Crippen LogP contribution in [0.4, 0.5) is 13.2 Å². The zero-order valence-electron chi connectivity index (χ0n) is 11.1. The topological polar surface area (TPSA) is 9.23 Å². The van der Waals surface area contributed by atoms with Crippen molar-refractivity contribution in [2.45, 2.75) is 32.9 Å². The monoisotopic (exact) mass is 338 g/mol. The molecule has 19 heavy (non-hydrogen) atoms. The Labute approximate surface area is 120 Å². The first-order chi connectivity index (χ1) is 8.87. The summed E-state index contributed by atoms with van der Waals surface area (Å²) in [5.41, 5.74) is -0.712. The van der Waals surface area contributed by atoms with Crippen LogP contribution >= 0.6 is 15.9 Å². The normalized spacial score (nSPS) is 12.5. The van der Waals surface area contributed by atoms with E-state index in [1.54, 1.807) is 6.07 Å². The third-order valence-corrected chi connectivity index (χ3v) is 4.68. The van der Waals surface area contributed by atoms with Crippen LogP contribution in [0.2, 0.25) is 0 Å². The Balaban J connectivity index is 2.78. The maximum Gasteiger partial charge on any atom is 0.416 e. The summed E-state index contributed by atoms with van der Waals surface area (Å²) in [5, 5.41) is 0.770. The van der Waals surface area contributed by atoms with Gasteiger partial charge in [-0.25, -0.2) is 0 Å². The summed E-state index contributed by atoms with van der Waals surface area (Å²) in [6.07, 6.45) is -2.51. The first kappa shape index (κ1) is 16.3. The number of hydrogen-bond acceptors (Lipinski definition) is 1. The van der Waals surface area contributed by atoms with Crippen molar-refractivity contribution in [2.75, 3.05) is 11.9 Å². The van der Waals surface area contributed by atoms with Crippen molar-refractivity contribution < 1.29 is 17.9 Å². The Morgan fingerprint density at radius 2 is 1.79 bits per heavy atom. The standard InChI is InChI=1S/C14H18BrF3O/c1-3-13(4-2,9-15)10-19-12-7-5-6-11(8-12)14(16,17)18/h5-8H,3-4,9-10H2,1-2H3. The minimum absolute atomic E-state index is 0.0335. The Kier molecular flexibility index (Phi) is 5.71. The average Bonchev–Trinajstić information content (AvgIpc) is 2.40. The summed E-state index contributed by atoms with van der Waals surface area (Å²) in [6, 6.07) is 5.01. The van der Waals surface area contributed by atoms with E-state index in [9.17, 15) is 13.2 Å². The molecule has 1 aromatic carbocycles. The fraction of sp³-hybridized carbons (Fsp3) is 0.571. The predicted octanol–water partition coefficient (Wildman–Crippen LogP) is 5.29. The number of halogens is 4. The molecule has 0 aromatic heterocycles. The molecule has 0 heterocycles. The third kappa shape index (κ3) is 4.41. The molecular weight excluding hydrogens is 321 g/mol. The molecule has 0 spiro atoms. The minimum Gasteiger partial charge on any atom is -0.493 e. The Hall–Kier alpha value is -0.710. The molecule has 0 saturated heterocycles. The highest BCUT2D eigenvalue weighted by atomic mass is 79.9. The van der Waals surface area contributed by atoms with Crippen molar-refractivity contribution in [2.24, 2.45) is 5.41 Å². The molecule has 0 amide bonds. The van der Waals surface area contributed by atoms with Crippen LogP contribution in [-0.2, 0) is 6.18 Å². The van der Waals surface area contributed by atoms with Gasteiger partial charge in [0.2, 0.25) is 0 Å². The highest BCUT2D eigenvalue weighted by Gasteiger charge is 2.31. The van der Waals surface area contributed by atoms with Crippen molar-refractivity contribution in [1.29, 1.82) is 0 Å². The number of hydrogen-bond donors (Lipinski definition) is 0. The van der Waals surface area contributed by atoms with Crippen molar-refractivity contribution >= 4 is 15.9 Å². The molecule has 0 bridgehead atoms. The molecule has 0 fully saturated rings. The van der Waals surface area contributed by atoms with E-state index in [2.05, 4.69) is 29.8 Å². The fourth-order valence-corrected chi connectivity index (χ4v) is 2.64. The van der Waals surface area contributed by atoms with Crippen LogP contribution in [0.25, 0.3) is 0 Å². The van der Waals surface area contributed by atoms with Gasteiger partial charge in [-0.15, -0.1) is 0 Å². The minimum atomic E-state index is -4.33. The molecule has 108 valence electrons. The van der Waals surface area contributed by atoms with E-state index >= 15 is 0 Å². The van der Waals surface area contributed by atoms with E-state index in [0.29, 0.717) is 6.61 Å². The molecule has 0 unspecified atom stereocenters. The number of benzene rings is 1. The third-order valence-electron chi connectivity index (χ3n) is 3.49. The lowest BCUT2D eigenvalue weighted by Gasteiger charge is -2.29. The van der Waals surface area contributed by atoms with Crippen molar-refractivity contribution in [1.82, 2.24) is 0 Å². The molecule has 0 aliphatic rings. The summed E-state index contributed by atoms with van der Waals surface area (Å²) < 4.78 is 43.3. The van der Waals surface area contributed by atoms with Crippen molar-refractivity contribution in [3.63, 3.8) is 0 Å². The molecule has 0 atom stereocenters. The molecule has 1 nitrogen and oxygen atoms in total. The smallest absolute Gasteiger partial charge is 0.416 e. The van der Waals surface area contributed by atoms with Gasteiger partial charge < -0.3 is 4.74 Å². The van der Waals surface area contributed by atoms with E-state index < -0.39 is 11.7 Å². The first-order valence-corrected chi connectivity index (χ1v) is 7.35.